The standard InChI is InChI=1S/C12H17Cl2NO.ClH/c1-9(8-16)15(2)7-6-10-4-3-5-11(13)12(10)14;/h3-5,9,16H,6-8H2,1-2H3;1H/t9-;/m0./s1. The molecular formula is C12H18Cl3NO. The Morgan fingerprint density at radius 1 is 1.35 bits per heavy atom. The first kappa shape index (κ1) is 17.0. The molecule has 0 bridgehead atoms. The first-order valence-electron chi connectivity index (χ1n) is 5.30. The van der Waals surface area contributed by atoms with Crippen LogP contribution in [0, 0.1) is 0 Å². The maximum Gasteiger partial charge on any atom is 0.0624 e. The van der Waals surface area contributed by atoms with Gasteiger partial charge in [-0.1, -0.05) is 35.3 Å². The molecule has 0 aliphatic carbocycles. The summed E-state index contributed by atoms with van der Waals surface area (Å²) in [4.78, 5) is 2.09. The lowest BCUT2D eigenvalue weighted by atomic mass is 10.1. The summed E-state index contributed by atoms with van der Waals surface area (Å²) in [5.74, 6) is 0. The van der Waals surface area contributed by atoms with Crippen molar-refractivity contribution in [3.05, 3.63) is 33.8 Å². The summed E-state index contributed by atoms with van der Waals surface area (Å²) >= 11 is 12.0. The van der Waals surface area contributed by atoms with Crippen molar-refractivity contribution >= 4 is 35.6 Å². The normalized spacial score (nSPS) is 12.4. The lowest BCUT2D eigenvalue weighted by molar-refractivity contribution is 0.160. The van der Waals surface area contributed by atoms with E-state index in [4.69, 9.17) is 28.3 Å². The first-order chi connectivity index (χ1) is 7.56. The van der Waals surface area contributed by atoms with Crippen LogP contribution in [-0.4, -0.2) is 36.2 Å². The molecular weight excluding hydrogens is 280 g/mol. The third-order valence-electron chi connectivity index (χ3n) is 2.78. The molecule has 0 aromatic heterocycles. The second-order valence-electron chi connectivity index (χ2n) is 3.98. The Bertz CT molecular complexity index is 347. The molecule has 0 heterocycles. The molecule has 0 saturated carbocycles. The third-order valence-corrected chi connectivity index (χ3v) is 3.64. The van der Waals surface area contributed by atoms with Crippen molar-refractivity contribution in [2.75, 3.05) is 20.2 Å². The SMILES string of the molecule is C[C@@H](CO)N(C)CCc1cccc(Cl)c1Cl.Cl. The van der Waals surface area contributed by atoms with E-state index in [1.807, 2.05) is 26.1 Å². The Hall–Kier alpha value is 0.01000. The van der Waals surface area contributed by atoms with Gasteiger partial charge in [-0.25, -0.2) is 0 Å². The zero-order valence-electron chi connectivity index (χ0n) is 9.99. The molecule has 1 atom stereocenters. The molecule has 98 valence electrons. The van der Waals surface area contributed by atoms with E-state index in [-0.39, 0.29) is 25.1 Å². The number of hydrogen-bond acceptors (Lipinski definition) is 2. The van der Waals surface area contributed by atoms with Crippen LogP contribution in [0.1, 0.15) is 12.5 Å². The van der Waals surface area contributed by atoms with Gasteiger partial charge in [0.2, 0.25) is 0 Å². The predicted octanol–water partition coefficient (Wildman–Crippen LogP) is 3.27. The van der Waals surface area contributed by atoms with E-state index in [1.54, 1.807) is 6.07 Å². The van der Waals surface area contributed by atoms with Crippen molar-refractivity contribution in [1.82, 2.24) is 4.90 Å². The number of aliphatic hydroxyl groups is 1. The van der Waals surface area contributed by atoms with Crippen molar-refractivity contribution in [3.8, 4) is 0 Å². The minimum Gasteiger partial charge on any atom is -0.395 e. The second-order valence-corrected chi connectivity index (χ2v) is 4.76. The van der Waals surface area contributed by atoms with Gasteiger partial charge in [-0.15, -0.1) is 12.4 Å². The summed E-state index contributed by atoms with van der Waals surface area (Å²) in [5.41, 5.74) is 1.05. The first-order valence-corrected chi connectivity index (χ1v) is 6.05. The zero-order valence-corrected chi connectivity index (χ0v) is 12.3. The molecule has 1 aromatic rings. The highest BCUT2D eigenvalue weighted by atomic mass is 35.5. The van der Waals surface area contributed by atoms with Crippen LogP contribution in [0.3, 0.4) is 0 Å². The van der Waals surface area contributed by atoms with E-state index in [0.717, 1.165) is 18.5 Å². The van der Waals surface area contributed by atoms with Gasteiger partial charge in [0.15, 0.2) is 0 Å². The van der Waals surface area contributed by atoms with Gasteiger partial charge in [-0.2, -0.15) is 0 Å². The van der Waals surface area contributed by atoms with E-state index in [0.29, 0.717) is 10.0 Å². The van der Waals surface area contributed by atoms with Gasteiger partial charge in [0.25, 0.3) is 0 Å². The monoisotopic (exact) mass is 297 g/mol. The number of likely N-dealkylation sites (N-methyl/N-ethyl adjacent to an activating group) is 1. The smallest absolute Gasteiger partial charge is 0.0624 e. The molecule has 0 amide bonds. The number of halogens is 3. The number of aliphatic hydroxyl groups excluding tert-OH is 1. The summed E-state index contributed by atoms with van der Waals surface area (Å²) in [5, 5.41) is 10.2. The van der Waals surface area contributed by atoms with Crippen molar-refractivity contribution in [2.24, 2.45) is 0 Å². The van der Waals surface area contributed by atoms with Crippen molar-refractivity contribution in [3.63, 3.8) is 0 Å². The quantitative estimate of drug-likeness (QED) is 0.902. The lowest BCUT2D eigenvalue weighted by Gasteiger charge is -2.22. The van der Waals surface area contributed by atoms with E-state index < -0.39 is 0 Å². The molecule has 0 aliphatic heterocycles. The molecule has 1 N–H and O–H groups in total. The van der Waals surface area contributed by atoms with E-state index in [9.17, 15) is 0 Å². The molecule has 0 aliphatic rings. The molecule has 0 radical (unpaired) electrons. The summed E-state index contributed by atoms with van der Waals surface area (Å²) in [7, 11) is 1.99. The van der Waals surface area contributed by atoms with Gasteiger partial charge in [-0.05, 0) is 32.0 Å². The predicted molar refractivity (Wildman–Crippen MR) is 76.6 cm³/mol. The molecule has 0 spiro atoms. The van der Waals surface area contributed by atoms with Crippen LogP contribution in [0.5, 0.6) is 0 Å². The fourth-order valence-electron chi connectivity index (χ4n) is 1.40. The van der Waals surface area contributed by atoms with Crippen LogP contribution in [0.4, 0.5) is 0 Å². The molecule has 1 rings (SSSR count). The van der Waals surface area contributed by atoms with Crippen molar-refractivity contribution in [2.45, 2.75) is 19.4 Å². The van der Waals surface area contributed by atoms with Crippen LogP contribution in [0.25, 0.3) is 0 Å². The molecule has 0 fully saturated rings. The molecule has 2 nitrogen and oxygen atoms in total. The third kappa shape index (κ3) is 5.02. The van der Waals surface area contributed by atoms with Gasteiger partial charge in [0.1, 0.15) is 0 Å². The van der Waals surface area contributed by atoms with Crippen LogP contribution < -0.4 is 0 Å². The lowest BCUT2D eigenvalue weighted by Crippen LogP contribution is -2.33. The highest BCUT2D eigenvalue weighted by Gasteiger charge is 2.09. The summed E-state index contributed by atoms with van der Waals surface area (Å²) in [6.07, 6.45) is 0.834. The van der Waals surface area contributed by atoms with Crippen LogP contribution in [0.2, 0.25) is 10.0 Å². The van der Waals surface area contributed by atoms with Crippen LogP contribution in [0.15, 0.2) is 18.2 Å². The minimum atomic E-state index is 0. The highest BCUT2D eigenvalue weighted by Crippen LogP contribution is 2.25. The average Bonchev–Trinajstić information content (AvgIpc) is 2.29. The second kappa shape index (κ2) is 8.17. The minimum absolute atomic E-state index is 0. The Balaban J connectivity index is 0.00000256. The summed E-state index contributed by atoms with van der Waals surface area (Å²) in [6.45, 7) is 3.00. The van der Waals surface area contributed by atoms with E-state index in [2.05, 4.69) is 4.90 Å². The topological polar surface area (TPSA) is 23.5 Å². The fourth-order valence-corrected chi connectivity index (χ4v) is 1.81. The molecule has 0 saturated heterocycles. The number of rotatable bonds is 5. The molecule has 5 heteroatoms. The summed E-state index contributed by atoms with van der Waals surface area (Å²) in [6, 6.07) is 5.83. The largest absolute Gasteiger partial charge is 0.395 e. The maximum absolute atomic E-state index is 9.01. The molecule has 0 unspecified atom stereocenters. The molecule has 1 aromatic carbocycles. The molecule has 17 heavy (non-hydrogen) atoms. The van der Waals surface area contributed by atoms with Gasteiger partial charge in [-0.3, -0.25) is 0 Å². The number of nitrogens with zero attached hydrogens (tertiary/aromatic N) is 1. The van der Waals surface area contributed by atoms with Crippen molar-refractivity contribution in [1.29, 1.82) is 0 Å². The van der Waals surface area contributed by atoms with Crippen LogP contribution >= 0.6 is 35.6 Å². The zero-order chi connectivity index (χ0) is 12.1. The fraction of sp³-hybridized carbons (Fsp3) is 0.500. The maximum atomic E-state index is 9.01. The van der Waals surface area contributed by atoms with E-state index >= 15 is 0 Å². The van der Waals surface area contributed by atoms with E-state index in [1.165, 1.54) is 0 Å². The number of benzene rings is 1. The van der Waals surface area contributed by atoms with Crippen LogP contribution in [-0.2, 0) is 6.42 Å². The average molecular weight is 299 g/mol. The van der Waals surface area contributed by atoms with Gasteiger partial charge >= 0.3 is 0 Å². The highest BCUT2D eigenvalue weighted by molar-refractivity contribution is 6.42. The Kier molecular flexibility index (Phi) is 8.18. The summed E-state index contributed by atoms with van der Waals surface area (Å²) < 4.78 is 0. The Morgan fingerprint density at radius 3 is 2.59 bits per heavy atom. The van der Waals surface area contributed by atoms with Gasteiger partial charge in [0.05, 0.1) is 16.7 Å². The Morgan fingerprint density at radius 2 is 2.00 bits per heavy atom. The van der Waals surface area contributed by atoms with Crippen molar-refractivity contribution < 1.29 is 5.11 Å². The number of hydrogen-bond donors (Lipinski definition) is 1. The van der Waals surface area contributed by atoms with Gasteiger partial charge in [0, 0.05) is 12.6 Å². The van der Waals surface area contributed by atoms with Gasteiger partial charge < -0.3 is 10.0 Å². The Labute approximate surface area is 119 Å².